The molecule has 0 aliphatic carbocycles. The predicted molar refractivity (Wildman–Crippen MR) is 58.1 cm³/mol. The van der Waals surface area contributed by atoms with E-state index in [0.717, 1.165) is 0 Å². The second-order valence-electron chi connectivity index (χ2n) is 6.05. The second-order valence-corrected chi connectivity index (χ2v) is 6.05. The molecule has 2 rings (SSSR count). The molecule has 0 bridgehead atoms. The third-order valence-electron chi connectivity index (χ3n) is 3.26. The Labute approximate surface area is 103 Å². The van der Waals surface area contributed by atoms with Crippen LogP contribution in [0.25, 0.3) is 0 Å². The Morgan fingerprint density at radius 1 is 1.33 bits per heavy atom. The number of likely N-dealkylation sites (tertiary alicyclic amines) is 1. The highest BCUT2D eigenvalue weighted by atomic mass is 19.4. The van der Waals surface area contributed by atoms with Gasteiger partial charge in [-0.15, -0.1) is 0 Å². The number of halogens is 3. The van der Waals surface area contributed by atoms with Crippen molar-refractivity contribution < 1.29 is 22.7 Å². The quantitative estimate of drug-likeness (QED) is 0.726. The lowest BCUT2D eigenvalue weighted by molar-refractivity contribution is -0.234. The van der Waals surface area contributed by atoms with Gasteiger partial charge in [0, 0.05) is 25.0 Å². The number of alkyl halides is 3. The lowest BCUT2D eigenvalue weighted by atomic mass is 9.67. The molecule has 0 aromatic carbocycles. The van der Waals surface area contributed by atoms with Crippen LogP contribution in [-0.2, 0) is 4.74 Å². The van der Waals surface area contributed by atoms with Crippen molar-refractivity contribution in [2.24, 2.45) is 5.41 Å². The molecule has 2 fully saturated rings. The van der Waals surface area contributed by atoms with Gasteiger partial charge in [0.1, 0.15) is 11.6 Å². The smallest absolute Gasteiger partial charge is 0.410 e. The maximum Gasteiger partial charge on any atom is 0.410 e. The zero-order valence-corrected chi connectivity index (χ0v) is 10.6. The van der Waals surface area contributed by atoms with Gasteiger partial charge in [0.25, 0.3) is 0 Å². The number of carbonyl (C=O) groups excluding carboxylic acids is 1. The van der Waals surface area contributed by atoms with E-state index in [0.29, 0.717) is 6.54 Å². The first kappa shape index (κ1) is 13.5. The SMILES string of the molecule is CC(C)(C)OC(=O)N1CC2(CN[C@H]2C(F)(F)F)C1. The molecule has 2 heterocycles. The van der Waals surface area contributed by atoms with E-state index in [1.165, 1.54) is 4.90 Å². The highest BCUT2D eigenvalue weighted by molar-refractivity contribution is 5.69. The summed E-state index contributed by atoms with van der Waals surface area (Å²) in [6.07, 6.45) is -4.79. The van der Waals surface area contributed by atoms with Gasteiger partial charge in [-0.3, -0.25) is 0 Å². The van der Waals surface area contributed by atoms with Crippen molar-refractivity contribution >= 4 is 6.09 Å². The molecule has 104 valence electrons. The summed E-state index contributed by atoms with van der Waals surface area (Å²) in [6.45, 7) is 5.70. The zero-order valence-electron chi connectivity index (χ0n) is 10.6. The predicted octanol–water partition coefficient (Wildman–Crippen LogP) is 1.76. The van der Waals surface area contributed by atoms with Crippen LogP contribution in [0.5, 0.6) is 0 Å². The molecule has 2 aliphatic heterocycles. The zero-order chi connectivity index (χ0) is 13.8. The number of hydrogen-bond acceptors (Lipinski definition) is 3. The molecule has 2 saturated heterocycles. The van der Waals surface area contributed by atoms with Crippen LogP contribution < -0.4 is 5.32 Å². The molecule has 1 atom stereocenters. The van der Waals surface area contributed by atoms with Crippen molar-refractivity contribution in [3.63, 3.8) is 0 Å². The minimum atomic E-state index is -4.25. The molecule has 0 aromatic rings. The van der Waals surface area contributed by atoms with Crippen molar-refractivity contribution in [2.45, 2.75) is 38.6 Å². The number of ether oxygens (including phenoxy) is 1. The van der Waals surface area contributed by atoms with E-state index in [1.54, 1.807) is 20.8 Å². The summed E-state index contributed by atoms with van der Waals surface area (Å²) in [5.74, 6) is 0. The maximum atomic E-state index is 12.6. The summed E-state index contributed by atoms with van der Waals surface area (Å²) in [6, 6.07) is -1.50. The van der Waals surface area contributed by atoms with Crippen LogP contribution in [-0.4, -0.2) is 48.4 Å². The van der Waals surface area contributed by atoms with Gasteiger partial charge in [-0.25, -0.2) is 4.79 Å². The molecule has 1 amide bonds. The van der Waals surface area contributed by atoms with Crippen LogP contribution in [0.1, 0.15) is 20.8 Å². The minimum Gasteiger partial charge on any atom is -0.444 e. The Morgan fingerprint density at radius 3 is 2.22 bits per heavy atom. The van der Waals surface area contributed by atoms with Crippen LogP contribution in [0, 0.1) is 5.41 Å². The number of carbonyl (C=O) groups is 1. The first-order valence-electron chi connectivity index (χ1n) is 5.82. The molecule has 7 heteroatoms. The fraction of sp³-hybridized carbons (Fsp3) is 0.909. The van der Waals surface area contributed by atoms with Gasteiger partial charge in [-0.05, 0) is 20.8 Å². The van der Waals surface area contributed by atoms with Crippen LogP contribution in [0.4, 0.5) is 18.0 Å². The second kappa shape index (κ2) is 3.76. The average molecular weight is 266 g/mol. The van der Waals surface area contributed by atoms with Crippen molar-refractivity contribution in [3.05, 3.63) is 0 Å². The highest BCUT2D eigenvalue weighted by Crippen LogP contribution is 2.46. The summed E-state index contributed by atoms with van der Waals surface area (Å²) in [4.78, 5) is 13.0. The van der Waals surface area contributed by atoms with Gasteiger partial charge in [0.15, 0.2) is 0 Å². The van der Waals surface area contributed by atoms with E-state index in [2.05, 4.69) is 5.32 Å². The van der Waals surface area contributed by atoms with Crippen molar-refractivity contribution in [2.75, 3.05) is 19.6 Å². The topological polar surface area (TPSA) is 41.6 Å². The van der Waals surface area contributed by atoms with Crippen LogP contribution >= 0.6 is 0 Å². The van der Waals surface area contributed by atoms with Crippen molar-refractivity contribution in [3.8, 4) is 0 Å². The largest absolute Gasteiger partial charge is 0.444 e. The minimum absolute atomic E-state index is 0.110. The molecule has 1 N–H and O–H groups in total. The van der Waals surface area contributed by atoms with E-state index in [9.17, 15) is 18.0 Å². The molecule has 4 nitrogen and oxygen atoms in total. The normalized spacial score (nSPS) is 26.6. The standard InChI is InChI=1S/C11H17F3N2O2/c1-9(2,3)18-8(17)16-5-10(6-16)4-15-7(10)11(12,13)14/h7,15H,4-6H2,1-3H3/t7-/m1/s1. The van der Waals surface area contributed by atoms with Crippen LogP contribution in [0.15, 0.2) is 0 Å². The number of nitrogens with one attached hydrogen (secondary N) is 1. The van der Waals surface area contributed by atoms with Gasteiger partial charge in [-0.2, -0.15) is 13.2 Å². The van der Waals surface area contributed by atoms with E-state index < -0.39 is 29.3 Å². The molecular weight excluding hydrogens is 249 g/mol. The molecule has 1 spiro atoms. The molecule has 2 aliphatic rings. The molecule has 18 heavy (non-hydrogen) atoms. The summed E-state index contributed by atoms with van der Waals surface area (Å²) in [5.41, 5.74) is -1.46. The summed E-state index contributed by atoms with van der Waals surface area (Å²) >= 11 is 0. The fourth-order valence-corrected chi connectivity index (χ4v) is 2.42. The summed E-state index contributed by atoms with van der Waals surface area (Å²) in [5, 5.41) is 2.38. The third kappa shape index (κ3) is 2.28. The Bertz CT molecular complexity index is 356. The molecule has 0 radical (unpaired) electrons. The lowest BCUT2D eigenvalue weighted by Crippen LogP contribution is -2.80. The van der Waals surface area contributed by atoms with Gasteiger partial charge >= 0.3 is 12.3 Å². The number of amides is 1. The number of hydrogen-bond donors (Lipinski definition) is 1. The number of rotatable bonds is 0. The van der Waals surface area contributed by atoms with Gasteiger partial charge in [0.05, 0.1) is 0 Å². The maximum absolute atomic E-state index is 12.6. The number of nitrogens with zero attached hydrogens (tertiary/aromatic N) is 1. The monoisotopic (exact) mass is 266 g/mol. The Kier molecular flexibility index (Phi) is 2.81. The van der Waals surface area contributed by atoms with Crippen molar-refractivity contribution in [1.82, 2.24) is 10.2 Å². The van der Waals surface area contributed by atoms with E-state index in [-0.39, 0.29) is 13.1 Å². The first-order valence-corrected chi connectivity index (χ1v) is 5.82. The van der Waals surface area contributed by atoms with Gasteiger partial charge < -0.3 is 15.0 Å². The molecular formula is C11H17F3N2O2. The molecule has 0 saturated carbocycles. The molecule has 0 aromatic heterocycles. The Hall–Kier alpha value is -0.980. The third-order valence-corrected chi connectivity index (χ3v) is 3.26. The highest BCUT2D eigenvalue weighted by Gasteiger charge is 2.65. The Morgan fingerprint density at radius 2 is 1.89 bits per heavy atom. The van der Waals surface area contributed by atoms with Gasteiger partial charge in [0.2, 0.25) is 0 Å². The lowest BCUT2D eigenvalue weighted by Gasteiger charge is -2.60. The van der Waals surface area contributed by atoms with Crippen LogP contribution in [0.3, 0.4) is 0 Å². The first-order chi connectivity index (χ1) is 8.04. The van der Waals surface area contributed by atoms with E-state index >= 15 is 0 Å². The summed E-state index contributed by atoms with van der Waals surface area (Å²) in [7, 11) is 0. The fourth-order valence-electron chi connectivity index (χ4n) is 2.42. The average Bonchev–Trinajstić information content (AvgIpc) is 1.90. The van der Waals surface area contributed by atoms with E-state index in [1.807, 2.05) is 0 Å². The van der Waals surface area contributed by atoms with Crippen LogP contribution in [0.2, 0.25) is 0 Å². The van der Waals surface area contributed by atoms with E-state index in [4.69, 9.17) is 4.74 Å². The van der Waals surface area contributed by atoms with Crippen molar-refractivity contribution in [1.29, 1.82) is 0 Å². The Balaban J connectivity index is 1.89. The molecule has 0 unspecified atom stereocenters. The summed E-state index contributed by atoms with van der Waals surface area (Å²) < 4.78 is 43.0. The van der Waals surface area contributed by atoms with Gasteiger partial charge in [-0.1, -0.05) is 0 Å².